The summed E-state index contributed by atoms with van der Waals surface area (Å²) in [5.41, 5.74) is 1.13. The lowest BCUT2D eigenvalue weighted by atomic mass is 10.2. The van der Waals surface area contributed by atoms with Gasteiger partial charge in [0, 0.05) is 17.1 Å². The first-order valence-corrected chi connectivity index (χ1v) is 8.71. The number of hydrogen-bond acceptors (Lipinski definition) is 4. The summed E-state index contributed by atoms with van der Waals surface area (Å²) in [4.78, 5) is 23.4. The summed E-state index contributed by atoms with van der Waals surface area (Å²) in [7, 11) is 0. The summed E-state index contributed by atoms with van der Waals surface area (Å²) >= 11 is 11.8. The Morgan fingerprint density at radius 2 is 2.08 bits per heavy atom. The van der Waals surface area contributed by atoms with Gasteiger partial charge in [0.25, 0.3) is 5.91 Å². The van der Waals surface area contributed by atoms with Crippen molar-refractivity contribution in [1.29, 1.82) is 0 Å². The molecule has 0 aromatic heterocycles. The average molecular weight is 395 g/mol. The number of halogens is 2. The Hall–Kier alpha value is -2.44. The van der Waals surface area contributed by atoms with Gasteiger partial charge in [0.2, 0.25) is 5.91 Å². The average Bonchev–Trinajstić information content (AvgIpc) is 2.60. The zero-order valence-electron chi connectivity index (χ0n) is 13.7. The topological polar surface area (TPSA) is 76.7 Å². The number of carbonyl (C=O) groups excluding carboxylic acids is 2. The highest BCUT2D eigenvalue weighted by Crippen LogP contribution is 2.30. The first-order chi connectivity index (χ1) is 12.5. The summed E-state index contributed by atoms with van der Waals surface area (Å²) in [6, 6.07) is 10.1. The number of fused-ring (bicyclic) bond motifs is 1. The molecule has 3 rings (SSSR count). The zero-order chi connectivity index (χ0) is 18.5. The molecule has 0 bridgehead atoms. The van der Waals surface area contributed by atoms with E-state index >= 15 is 0 Å². The molecule has 136 valence electrons. The number of rotatable bonds is 6. The van der Waals surface area contributed by atoms with Gasteiger partial charge in [-0.25, -0.2) is 0 Å². The van der Waals surface area contributed by atoms with Crippen LogP contribution in [-0.2, 0) is 9.59 Å². The van der Waals surface area contributed by atoms with Gasteiger partial charge in [0.15, 0.2) is 6.61 Å². The molecule has 1 aliphatic heterocycles. The predicted octanol–water partition coefficient (Wildman–Crippen LogP) is 4.12. The molecule has 0 atom stereocenters. The van der Waals surface area contributed by atoms with Crippen molar-refractivity contribution >= 4 is 46.4 Å². The molecule has 8 heteroatoms. The van der Waals surface area contributed by atoms with E-state index in [4.69, 9.17) is 32.7 Å². The Kier molecular flexibility index (Phi) is 5.85. The first-order valence-electron chi connectivity index (χ1n) is 7.95. The number of anilines is 2. The van der Waals surface area contributed by atoms with Crippen LogP contribution in [0.1, 0.15) is 12.8 Å². The number of carbonyl (C=O) groups is 2. The summed E-state index contributed by atoms with van der Waals surface area (Å²) in [6.07, 6.45) is 0.806. The molecule has 0 fully saturated rings. The van der Waals surface area contributed by atoms with E-state index in [9.17, 15) is 9.59 Å². The summed E-state index contributed by atoms with van der Waals surface area (Å²) in [5, 5.41) is 6.44. The number of ether oxygens (including phenoxy) is 2. The van der Waals surface area contributed by atoms with Gasteiger partial charge in [-0.15, -0.1) is 0 Å². The highest BCUT2D eigenvalue weighted by molar-refractivity contribution is 6.35. The molecule has 2 amide bonds. The van der Waals surface area contributed by atoms with Gasteiger partial charge in [-0.2, -0.15) is 0 Å². The third-order valence-corrected chi connectivity index (χ3v) is 4.13. The summed E-state index contributed by atoms with van der Waals surface area (Å²) < 4.78 is 10.8. The number of hydrogen-bond donors (Lipinski definition) is 2. The minimum atomic E-state index is -0.223. The van der Waals surface area contributed by atoms with E-state index in [1.165, 1.54) is 0 Å². The standard InChI is InChI=1S/C18H16Cl2N2O4/c19-11-3-5-15(13(20)8-11)25-7-1-2-17(23)21-12-4-6-16-14(9-12)22-18(24)10-26-16/h3-6,8-9H,1-2,7,10H2,(H,21,23)(H,22,24). The van der Waals surface area contributed by atoms with Crippen molar-refractivity contribution in [2.24, 2.45) is 0 Å². The quantitative estimate of drug-likeness (QED) is 0.722. The maximum absolute atomic E-state index is 12.0. The maximum atomic E-state index is 12.0. The molecular weight excluding hydrogens is 379 g/mol. The van der Waals surface area contributed by atoms with E-state index in [1.54, 1.807) is 36.4 Å². The highest BCUT2D eigenvalue weighted by atomic mass is 35.5. The monoisotopic (exact) mass is 394 g/mol. The molecule has 2 aromatic rings. The van der Waals surface area contributed by atoms with Crippen molar-refractivity contribution in [3.63, 3.8) is 0 Å². The van der Waals surface area contributed by atoms with Crippen LogP contribution in [0.3, 0.4) is 0 Å². The van der Waals surface area contributed by atoms with E-state index in [0.717, 1.165) is 0 Å². The molecule has 0 unspecified atom stereocenters. The smallest absolute Gasteiger partial charge is 0.262 e. The second-order valence-electron chi connectivity index (χ2n) is 5.62. The van der Waals surface area contributed by atoms with Crippen LogP contribution in [0.4, 0.5) is 11.4 Å². The van der Waals surface area contributed by atoms with Crippen LogP contribution in [0.25, 0.3) is 0 Å². The van der Waals surface area contributed by atoms with Crippen LogP contribution in [0, 0.1) is 0 Å². The van der Waals surface area contributed by atoms with E-state index in [1.807, 2.05) is 0 Å². The third kappa shape index (κ3) is 4.80. The normalized spacial score (nSPS) is 12.6. The third-order valence-electron chi connectivity index (χ3n) is 3.60. The van der Waals surface area contributed by atoms with E-state index in [0.29, 0.717) is 45.9 Å². The minimum Gasteiger partial charge on any atom is -0.492 e. The van der Waals surface area contributed by atoms with E-state index in [-0.39, 0.29) is 24.8 Å². The fourth-order valence-electron chi connectivity index (χ4n) is 2.39. The van der Waals surface area contributed by atoms with Crippen molar-refractivity contribution < 1.29 is 19.1 Å². The maximum Gasteiger partial charge on any atom is 0.262 e. The molecule has 0 saturated heterocycles. The Labute approximate surface area is 160 Å². The molecular formula is C18H16Cl2N2O4. The Bertz CT molecular complexity index is 842. The molecule has 26 heavy (non-hydrogen) atoms. The van der Waals surface area contributed by atoms with Crippen LogP contribution in [0.15, 0.2) is 36.4 Å². The van der Waals surface area contributed by atoms with Crippen molar-refractivity contribution in [2.75, 3.05) is 23.8 Å². The van der Waals surface area contributed by atoms with Gasteiger partial charge in [0.05, 0.1) is 17.3 Å². The van der Waals surface area contributed by atoms with Crippen molar-refractivity contribution in [1.82, 2.24) is 0 Å². The molecule has 1 aliphatic rings. The van der Waals surface area contributed by atoms with Gasteiger partial charge < -0.3 is 20.1 Å². The largest absolute Gasteiger partial charge is 0.492 e. The van der Waals surface area contributed by atoms with E-state index < -0.39 is 0 Å². The second-order valence-corrected chi connectivity index (χ2v) is 6.47. The molecule has 2 aromatic carbocycles. The Morgan fingerprint density at radius 3 is 2.88 bits per heavy atom. The molecule has 6 nitrogen and oxygen atoms in total. The number of amides is 2. The van der Waals surface area contributed by atoms with Crippen LogP contribution in [0.5, 0.6) is 11.5 Å². The fourth-order valence-corrected chi connectivity index (χ4v) is 2.85. The van der Waals surface area contributed by atoms with Gasteiger partial charge >= 0.3 is 0 Å². The molecule has 0 radical (unpaired) electrons. The lowest BCUT2D eigenvalue weighted by Crippen LogP contribution is -2.25. The van der Waals surface area contributed by atoms with Gasteiger partial charge in [-0.3, -0.25) is 9.59 Å². The fraction of sp³-hybridized carbons (Fsp3) is 0.222. The second kappa shape index (κ2) is 8.29. The SMILES string of the molecule is O=C(CCCOc1ccc(Cl)cc1Cl)Nc1ccc2c(c1)NC(=O)CO2. The van der Waals surface area contributed by atoms with Gasteiger partial charge in [-0.1, -0.05) is 23.2 Å². The molecule has 0 spiro atoms. The summed E-state index contributed by atoms with van der Waals surface area (Å²) in [5.74, 6) is 0.732. The molecule has 2 N–H and O–H groups in total. The van der Waals surface area contributed by atoms with Crippen LogP contribution >= 0.6 is 23.2 Å². The summed E-state index contributed by atoms with van der Waals surface area (Å²) in [6.45, 7) is 0.346. The molecule has 0 saturated carbocycles. The minimum absolute atomic E-state index is 0.00363. The number of benzene rings is 2. The van der Waals surface area contributed by atoms with Gasteiger partial charge in [-0.05, 0) is 42.8 Å². The highest BCUT2D eigenvalue weighted by Gasteiger charge is 2.16. The Balaban J connectivity index is 1.46. The predicted molar refractivity (Wildman–Crippen MR) is 100 cm³/mol. The van der Waals surface area contributed by atoms with Crippen LogP contribution in [-0.4, -0.2) is 25.0 Å². The lowest BCUT2D eigenvalue weighted by molar-refractivity contribution is -0.118. The molecule has 0 aliphatic carbocycles. The zero-order valence-corrected chi connectivity index (χ0v) is 15.2. The Morgan fingerprint density at radius 1 is 1.23 bits per heavy atom. The van der Waals surface area contributed by atoms with Crippen molar-refractivity contribution in [2.45, 2.75) is 12.8 Å². The van der Waals surface area contributed by atoms with Gasteiger partial charge in [0.1, 0.15) is 11.5 Å². The lowest BCUT2D eigenvalue weighted by Gasteiger charge is -2.18. The van der Waals surface area contributed by atoms with Crippen LogP contribution in [0.2, 0.25) is 10.0 Å². The van der Waals surface area contributed by atoms with Crippen molar-refractivity contribution in [3.05, 3.63) is 46.4 Å². The van der Waals surface area contributed by atoms with E-state index in [2.05, 4.69) is 10.6 Å². The molecule has 1 heterocycles. The van der Waals surface area contributed by atoms with Crippen LogP contribution < -0.4 is 20.1 Å². The first kappa shape index (κ1) is 18.4. The van der Waals surface area contributed by atoms with Crippen molar-refractivity contribution in [3.8, 4) is 11.5 Å². The number of nitrogens with one attached hydrogen (secondary N) is 2.